The summed E-state index contributed by atoms with van der Waals surface area (Å²) in [4.78, 5) is 29.6. The molecule has 0 atom stereocenters. The van der Waals surface area contributed by atoms with E-state index in [4.69, 9.17) is 0 Å². The summed E-state index contributed by atoms with van der Waals surface area (Å²) in [7, 11) is 0. The summed E-state index contributed by atoms with van der Waals surface area (Å²) < 4.78 is 0. The van der Waals surface area contributed by atoms with E-state index in [2.05, 4.69) is 26.0 Å². The van der Waals surface area contributed by atoms with E-state index in [-0.39, 0.29) is 0 Å². The van der Waals surface area contributed by atoms with Crippen LogP contribution in [0.5, 0.6) is 0 Å². The Morgan fingerprint density at radius 1 is 0.500 bits per heavy atom. The summed E-state index contributed by atoms with van der Waals surface area (Å²) in [5.74, 6) is 2.13. The molecule has 2 aromatic rings. The fourth-order valence-corrected chi connectivity index (χ4v) is 9.44. The standard InChI is InChI=1S/C34H54O2S4/c1-3-5-7-9-11-13-15-17-19-21-23-37-29-25-31(39-33(29)27-35)32-26-30(34(28-36)40-32)38-24-22-20-18-16-14-12-10-8-6-4-2/h25-28H,3-24H2,1-2H3. The first-order chi connectivity index (χ1) is 19.7. The van der Waals surface area contributed by atoms with Gasteiger partial charge in [0.05, 0.1) is 9.75 Å². The highest BCUT2D eigenvalue weighted by molar-refractivity contribution is 7.99. The third-order valence-corrected chi connectivity index (χ3v) is 12.3. The highest BCUT2D eigenvalue weighted by Crippen LogP contribution is 2.42. The van der Waals surface area contributed by atoms with E-state index in [0.29, 0.717) is 0 Å². The minimum absolute atomic E-state index is 0.827. The number of rotatable bonds is 27. The van der Waals surface area contributed by atoms with Crippen molar-refractivity contribution < 1.29 is 9.59 Å². The van der Waals surface area contributed by atoms with Gasteiger partial charge in [-0.05, 0) is 36.5 Å². The van der Waals surface area contributed by atoms with E-state index >= 15 is 0 Å². The van der Waals surface area contributed by atoms with E-state index in [1.807, 2.05) is 23.5 Å². The molecule has 40 heavy (non-hydrogen) atoms. The predicted molar refractivity (Wildman–Crippen MR) is 184 cm³/mol. The number of thioether (sulfide) groups is 2. The van der Waals surface area contributed by atoms with Gasteiger partial charge in [0.1, 0.15) is 0 Å². The molecule has 0 saturated heterocycles. The number of hydrogen-bond acceptors (Lipinski definition) is 6. The summed E-state index contributed by atoms with van der Waals surface area (Å²) >= 11 is 6.78. The SMILES string of the molecule is CCCCCCCCCCCCSc1cc(-c2cc(SCCCCCCCCCCCC)c(C=O)s2)sc1C=O. The van der Waals surface area contributed by atoms with Crippen molar-refractivity contribution in [1.82, 2.24) is 0 Å². The minimum atomic E-state index is 0.827. The van der Waals surface area contributed by atoms with Crippen molar-refractivity contribution in [2.45, 2.75) is 152 Å². The van der Waals surface area contributed by atoms with Crippen molar-refractivity contribution in [3.63, 3.8) is 0 Å². The number of hydrogen-bond donors (Lipinski definition) is 0. The lowest BCUT2D eigenvalue weighted by molar-refractivity contribution is 0.111. The van der Waals surface area contributed by atoms with Crippen molar-refractivity contribution >= 4 is 58.8 Å². The molecular formula is C34H54O2S4. The summed E-state index contributed by atoms with van der Waals surface area (Å²) in [6.07, 6.45) is 28.9. The van der Waals surface area contributed by atoms with Crippen LogP contribution in [0.15, 0.2) is 21.9 Å². The molecule has 2 rings (SSSR count). The molecule has 6 heteroatoms. The number of carbonyl (C=O) groups is 2. The van der Waals surface area contributed by atoms with Gasteiger partial charge in [-0.1, -0.05) is 129 Å². The molecule has 0 aliphatic heterocycles. The van der Waals surface area contributed by atoms with Crippen molar-refractivity contribution in [1.29, 1.82) is 0 Å². The molecule has 0 spiro atoms. The maximum Gasteiger partial charge on any atom is 0.161 e. The normalized spacial score (nSPS) is 11.3. The van der Waals surface area contributed by atoms with Crippen molar-refractivity contribution in [2.75, 3.05) is 11.5 Å². The molecule has 0 amide bonds. The zero-order valence-electron chi connectivity index (χ0n) is 25.3. The molecule has 0 aromatic carbocycles. The van der Waals surface area contributed by atoms with E-state index in [9.17, 15) is 9.59 Å². The first kappa shape index (κ1) is 35.6. The third-order valence-electron chi connectivity index (χ3n) is 7.42. The lowest BCUT2D eigenvalue weighted by Gasteiger charge is -2.02. The van der Waals surface area contributed by atoms with Crippen molar-refractivity contribution in [3.8, 4) is 9.75 Å². The Balaban J connectivity index is 1.69. The molecule has 2 heterocycles. The molecule has 2 nitrogen and oxygen atoms in total. The average Bonchev–Trinajstić information content (AvgIpc) is 3.58. The van der Waals surface area contributed by atoms with E-state index in [0.717, 1.165) is 53.4 Å². The largest absolute Gasteiger partial charge is 0.297 e. The second-order valence-corrected chi connectivity index (χ2v) is 15.4. The number of aldehydes is 2. The Morgan fingerprint density at radius 2 is 0.800 bits per heavy atom. The molecule has 0 saturated carbocycles. The lowest BCUT2D eigenvalue weighted by atomic mass is 10.1. The summed E-state index contributed by atoms with van der Waals surface area (Å²) in [5, 5.41) is 0. The zero-order chi connectivity index (χ0) is 28.7. The predicted octanol–water partition coefficient (Wildman–Crippen LogP) is 13.1. The van der Waals surface area contributed by atoms with Crippen LogP contribution in [-0.2, 0) is 0 Å². The number of unbranched alkanes of at least 4 members (excludes halogenated alkanes) is 18. The highest BCUT2D eigenvalue weighted by atomic mass is 32.2. The molecule has 0 unspecified atom stereocenters. The monoisotopic (exact) mass is 622 g/mol. The van der Waals surface area contributed by atoms with E-state index < -0.39 is 0 Å². The van der Waals surface area contributed by atoms with Gasteiger partial charge in [-0.15, -0.1) is 46.2 Å². The summed E-state index contributed by atoms with van der Waals surface area (Å²) in [5.41, 5.74) is 0. The lowest BCUT2D eigenvalue weighted by Crippen LogP contribution is -1.84. The summed E-state index contributed by atoms with van der Waals surface area (Å²) in [6, 6.07) is 4.35. The van der Waals surface area contributed by atoms with Crippen LogP contribution in [0.4, 0.5) is 0 Å². The number of carbonyl (C=O) groups excluding carboxylic acids is 2. The van der Waals surface area contributed by atoms with Gasteiger partial charge in [-0.25, -0.2) is 0 Å². The Labute approximate surface area is 262 Å². The minimum Gasteiger partial charge on any atom is -0.297 e. The molecule has 0 aliphatic rings. The quantitative estimate of drug-likeness (QED) is 0.0564. The third kappa shape index (κ3) is 15.1. The van der Waals surface area contributed by atoms with Crippen LogP contribution in [0.3, 0.4) is 0 Å². The molecule has 2 aromatic heterocycles. The van der Waals surface area contributed by atoms with Gasteiger partial charge in [-0.3, -0.25) is 9.59 Å². The first-order valence-corrected chi connectivity index (χ1v) is 19.8. The average molecular weight is 623 g/mol. The first-order valence-electron chi connectivity index (χ1n) is 16.2. The van der Waals surface area contributed by atoms with Gasteiger partial charge in [0.15, 0.2) is 12.6 Å². The van der Waals surface area contributed by atoms with Gasteiger partial charge < -0.3 is 0 Å². The van der Waals surface area contributed by atoms with Gasteiger partial charge in [-0.2, -0.15) is 0 Å². The van der Waals surface area contributed by atoms with Crippen LogP contribution < -0.4 is 0 Å². The molecule has 0 radical (unpaired) electrons. The maximum atomic E-state index is 11.8. The van der Waals surface area contributed by atoms with Crippen LogP contribution in [0.1, 0.15) is 162 Å². The number of thiophene rings is 2. The van der Waals surface area contributed by atoms with Gasteiger partial charge in [0.25, 0.3) is 0 Å². The zero-order valence-corrected chi connectivity index (χ0v) is 28.6. The van der Waals surface area contributed by atoms with Gasteiger partial charge in [0.2, 0.25) is 0 Å². The van der Waals surface area contributed by atoms with Crippen molar-refractivity contribution in [3.05, 3.63) is 21.9 Å². The molecule has 0 fully saturated rings. The van der Waals surface area contributed by atoms with Gasteiger partial charge >= 0.3 is 0 Å². The van der Waals surface area contributed by atoms with Gasteiger partial charge in [0, 0.05) is 19.5 Å². The molecule has 0 bridgehead atoms. The van der Waals surface area contributed by atoms with E-state index in [1.54, 1.807) is 22.7 Å². The second-order valence-electron chi connectivity index (χ2n) is 11.0. The molecule has 0 N–H and O–H groups in total. The van der Waals surface area contributed by atoms with Crippen LogP contribution in [0.2, 0.25) is 0 Å². The Kier molecular flexibility index (Phi) is 21.3. The molecule has 0 aliphatic carbocycles. The van der Waals surface area contributed by atoms with Crippen LogP contribution in [0, 0.1) is 0 Å². The molecular weight excluding hydrogens is 569 g/mol. The fraction of sp³-hybridized carbons (Fsp3) is 0.706. The smallest absolute Gasteiger partial charge is 0.161 e. The maximum absolute atomic E-state index is 11.8. The topological polar surface area (TPSA) is 34.1 Å². The summed E-state index contributed by atoms with van der Waals surface area (Å²) in [6.45, 7) is 4.54. The highest BCUT2D eigenvalue weighted by Gasteiger charge is 2.15. The van der Waals surface area contributed by atoms with Crippen LogP contribution in [-0.4, -0.2) is 24.1 Å². The Morgan fingerprint density at radius 3 is 1.10 bits per heavy atom. The van der Waals surface area contributed by atoms with Crippen molar-refractivity contribution in [2.24, 2.45) is 0 Å². The van der Waals surface area contributed by atoms with E-state index in [1.165, 1.54) is 128 Å². The van der Waals surface area contributed by atoms with Crippen LogP contribution >= 0.6 is 46.2 Å². The second kappa shape index (κ2) is 23.9. The van der Waals surface area contributed by atoms with Crippen LogP contribution in [0.25, 0.3) is 9.75 Å². The fourth-order valence-electron chi connectivity index (χ4n) is 4.95. The molecule has 226 valence electrons. The Bertz CT molecular complexity index is 843. The Hall–Kier alpha value is -0.560.